The van der Waals surface area contributed by atoms with Gasteiger partial charge in [-0.1, -0.05) is 35.9 Å². The number of rotatable bonds is 4. The Kier molecular flexibility index (Phi) is 4.26. The van der Waals surface area contributed by atoms with E-state index in [1.165, 1.54) is 23.1 Å². The lowest BCUT2D eigenvalue weighted by atomic mass is 10.2. The number of carbonyl (C=O) groups is 1. The lowest BCUT2D eigenvalue weighted by Crippen LogP contribution is -2.18. The summed E-state index contributed by atoms with van der Waals surface area (Å²) in [5.74, 6) is 0.916. The Bertz CT molecular complexity index is 425. The number of benzene rings is 1. The van der Waals surface area contributed by atoms with E-state index < -0.39 is 0 Å². The van der Waals surface area contributed by atoms with E-state index in [1.807, 2.05) is 18.2 Å². The molecule has 1 aliphatic carbocycles. The minimum absolute atomic E-state index is 0.0981. The van der Waals surface area contributed by atoms with Crippen molar-refractivity contribution in [1.82, 2.24) is 4.72 Å². The zero-order chi connectivity index (χ0) is 12.1. The van der Waals surface area contributed by atoms with Crippen molar-refractivity contribution in [2.75, 3.05) is 0 Å². The van der Waals surface area contributed by atoms with Crippen LogP contribution < -0.4 is 4.72 Å². The Balaban J connectivity index is 1.79. The first-order valence-electron chi connectivity index (χ1n) is 5.92. The van der Waals surface area contributed by atoms with Crippen molar-refractivity contribution in [1.29, 1.82) is 0 Å². The number of amides is 1. The van der Waals surface area contributed by atoms with Crippen LogP contribution in [0.1, 0.15) is 31.7 Å². The molecular weight excluding hydrogens is 230 g/mol. The quantitative estimate of drug-likeness (QED) is 0.826. The molecule has 0 aliphatic heterocycles. The van der Waals surface area contributed by atoms with Crippen LogP contribution in [0.4, 0.5) is 0 Å². The van der Waals surface area contributed by atoms with E-state index in [2.05, 4.69) is 23.8 Å². The van der Waals surface area contributed by atoms with Crippen molar-refractivity contribution in [3.63, 3.8) is 0 Å². The van der Waals surface area contributed by atoms with Crippen LogP contribution in [0.15, 0.2) is 41.5 Å². The Morgan fingerprint density at radius 1 is 1.29 bits per heavy atom. The van der Waals surface area contributed by atoms with Gasteiger partial charge in [0, 0.05) is 11.3 Å². The van der Waals surface area contributed by atoms with Crippen LogP contribution in [-0.4, -0.2) is 5.91 Å². The summed E-state index contributed by atoms with van der Waals surface area (Å²) in [6.45, 7) is 2.06. The summed E-state index contributed by atoms with van der Waals surface area (Å²) < 4.78 is 2.92. The molecule has 3 heteroatoms. The maximum absolute atomic E-state index is 11.9. The van der Waals surface area contributed by atoms with Crippen molar-refractivity contribution >= 4 is 17.9 Å². The predicted molar refractivity (Wildman–Crippen MR) is 72.4 cm³/mol. The molecule has 0 bridgehead atoms. The molecule has 0 saturated carbocycles. The molecule has 2 rings (SSSR count). The minimum atomic E-state index is 0.0981. The topological polar surface area (TPSA) is 29.1 Å². The largest absolute Gasteiger partial charge is 0.296 e. The fourth-order valence-electron chi connectivity index (χ4n) is 2.02. The van der Waals surface area contributed by atoms with Crippen LogP contribution in [0.5, 0.6) is 0 Å². The number of allylic oxidation sites excluding steroid dienone is 1. The summed E-state index contributed by atoms with van der Waals surface area (Å²) in [7, 11) is 0. The molecule has 1 N–H and O–H groups in total. The number of hydrogen-bond donors (Lipinski definition) is 1. The summed E-state index contributed by atoms with van der Waals surface area (Å²) in [5, 5.41) is 0. The van der Waals surface area contributed by atoms with Gasteiger partial charge in [0.2, 0.25) is 0 Å². The van der Waals surface area contributed by atoms with Crippen LogP contribution in [0.25, 0.3) is 0 Å². The molecule has 1 aromatic carbocycles. The Hall–Kier alpha value is -1.22. The van der Waals surface area contributed by atoms with Crippen molar-refractivity contribution in [3.05, 3.63) is 47.0 Å². The van der Waals surface area contributed by atoms with Gasteiger partial charge in [0.1, 0.15) is 0 Å². The van der Waals surface area contributed by atoms with Crippen LogP contribution in [0, 0.1) is 0 Å². The summed E-state index contributed by atoms with van der Waals surface area (Å²) >= 11 is 1.47. The predicted octanol–water partition coefficient (Wildman–Crippen LogP) is 3.45. The van der Waals surface area contributed by atoms with E-state index in [1.54, 1.807) is 0 Å². The van der Waals surface area contributed by atoms with Crippen LogP contribution in [0.3, 0.4) is 0 Å². The first kappa shape index (κ1) is 12.2. The lowest BCUT2D eigenvalue weighted by molar-refractivity contribution is -0.115. The molecule has 0 saturated heterocycles. The molecule has 0 fully saturated rings. The maximum atomic E-state index is 11.9. The highest BCUT2D eigenvalue weighted by Crippen LogP contribution is 2.25. The summed E-state index contributed by atoms with van der Waals surface area (Å²) in [6.07, 6.45) is 3.13. The third kappa shape index (κ3) is 3.37. The van der Waals surface area contributed by atoms with E-state index in [9.17, 15) is 4.79 Å². The highest BCUT2D eigenvalue weighted by atomic mass is 32.2. The monoisotopic (exact) mass is 247 g/mol. The smallest absolute Gasteiger partial charge is 0.256 e. The fourth-order valence-corrected chi connectivity index (χ4v) is 2.71. The maximum Gasteiger partial charge on any atom is 0.256 e. The molecule has 0 atom stereocenters. The molecule has 0 unspecified atom stereocenters. The van der Waals surface area contributed by atoms with Crippen molar-refractivity contribution < 1.29 is 4.79 Å². The molecule has 1 aromatic rings. The molecular formula is C14H17NOS. The zero-order valence-corrected chi connectivity index (χ0v) is 10.8. The van der Waals surface area contributed by atoms with E-state index in [0.717, 1.165) is 30.6 Å². The lowest BCUT2D eigenvalue weighted by Gasteiger charge is -2.06. The molecule has 2 nitrogen and oxygen atoms in total. The fraction of sp³-hybridized carbons (Fsp3) is 0.357. The van der Waals surface area contributed by atoms with Gasteiger partial charge in [0.05, 0.1) is 0 Å². The Morgan fingerprint density at radius 2 is 2.06 bits per heavy atom. The number of nitrogens with one attached hydrogen (secondary N) is 1. The second-order valence-corrected chi connectivity index (χ2v) is 5.10. The minimum Gasteiger partial charge on any atom is -0.296 e. The molecule has 1 amide bonds. The molecule has 0 aromatic heterocycles. The van der Waals surface area contributed by atoms with Crippen LogP contribution in [-0.2, 0) is 10.5 Å². The molecule has 0 radical (unpaired) electrons. The second-order valence-electron chi connectivity index (χ2n) is 4.32. The first-order valence-corrected chi connectivity index (χ1v) is 6.90. The van der Waals surface area contributed by atoms with Gasteiger partial charge >= 0.3 is 0 Å². The zero-order valence-electron chi connectivity index (χ0n) is 10.0. The van der Waals surface area contributed by atoms with E-state index >= 15 is 0 Å². The highest BCUT2D eigenvalue weighted by Gasteiger charge is 2.17. The van der Waals surface area contributed by atoms with Gasteiger partial charge in [-0.2, -0.15) is 0 Å². The van der Waals surface area contributed by atoms with E-state index in [0.29, 0.717) is 0 Å². The summed E-state index contributed by atoms with van der Waals surface area (Å²) in [4.78, 5) is 11.9. The van der Waals surface area contributed by atoms with Gasteiger partial charge in [0.25, 0.3) is 5.91 Å². The van der Waals surface area contributed by atoms with Crippen molar-refractivity contribution in [2.45, 2.75) is 31.9 Å². The van der Waals surface area contributed by atoms with Crippen molar-refractivity contribution in [3.8, 4) is 0 Å². The molecule has 90 valence electrons. The second kappa shape index (κ2) is 5.92. The van der Waals surface area contributed by atoms with Gasteiger partial charge in [0.15, 0.2) is 0 Å². The van der Waals surface area contributed by atoms with Gasteiger partial charge < -0.3 is 0 Å². The van der Waals surface area contributed by atoms with E-state index in [4.69, 9.17) is 0 Å². The number of hydrogen-bond acceptors (Lipinski definition) is 2. The summed E-state index contributed by atoms with van der Waals surface area (Å²) in [6, 6.07) is 10.2. The van der Waals surface area contributed by atoms with Gasteiger partial charge in [-0.15, -0.1) is 0 Å². The van der Waals surface area contributed by atoms with Crippen LogP contribution >= 0.6 is 11.9 Å². The SMILES string of the molecule is CC1=C(C(=O)NSCc2ccccc2)CCC1. The number of carbonyl (C=O) groups excluding carboxylic acids is 1. The standard InChI is InChI=1S/C14H17NOS/c1-11-6-5-9-13(11)14(16)15-17-10-12-7-3-2-4-8-12/h2-4,7-8H,5-6,9-10H2,1H3,(H,15,16). The molecule has 1 aliphatic rings. The van der Waals surface area contributed by atoms with Crippen LogP contribution in [0.2, 0.25) is 0 Å². The first-order chi connectivity index (χ1) is 8.27. The van der Waals surface area contributed by atoms with Gasteiger partial charge in [-0.25, -0.2) is 0 Å². The Morgan fingerprint density at radius 3 is 2.71 bits per heavy atom. The normalized spacial score (nSPS) is 15.1. The molecule has 0 heterocycles. The average molecular weight is 247 g/mol. The Labute approximate surface area is 107 Å². The average Bonchev–Trinajstić information content (AvgIpc) is 2.77. The molecule has 0 spiro atoms. The van der Waals surface area contributed by atoms with Gasteiger partial charge in [-0.05, 0) is 43.7 Å². The summed E-state index contributed by atoms with van der Waals surface area (Å²) in [5.41, 5.74) is 3.48. The third-order valence-electron chi connectivity index (χ3n) is 3.01. The van der Waals surface area contributed by atoms with Gasteiger partial charge in [-0.3, -0.25) is 9.52 Å². The highest BCUT2D eigenvalue weighted by molar-refractivity contribution is 7.97. The van der Waals surface area contributed by atoms with Crippen molar-refractivity contribution in [2.24, 2.45) is 0 Å². The molecule has 17 heavy (non-hydrogen) atoms. The third-order valence-corrected chi connectivity index (χ3v) is 3.82. The van der Waals surface area contributed by atoms with E-state index in [-0.39, 0.29) is 5.91 Å².